The summed E-state index contributed by atoms with van der Waals surface area (Å²) < 4.78 is 11.7. The molecule has 5 nitrogen and oxygen atoms in total. The number of nitrogens with zero attached hydrogens (tertiary/aromatic N) is 1. The molecule has 150 valence electrons. The van der Waals surface area contributed by atoms with Crippen molar-refractivity contribution < 1.29 is 14.3 Å². The van der Waals surface area contributed by atoms with Crippen LogP contribution < -0.4 is 9.47 Å². The molecule has 1 N–H and O–H groups in total. The van der Waals surface area contributed by atoms with Gasteiger partial charge in [-0.15, -0.1) is 0 Å². The summed E-state index contributed by atoms with van der Waals surface area (Å²) >= 11 is 1.62. The number of rotatable bonds is 5. The van der Waals surface area contributed by atoms with E-state index in [2.05, 4.69) is 16.0 Å². The van der Waals surface area contributed by atoms with Crippen molar-refractivity contribution in [2.75, 3.05) is 7.11 Å². The van der Waals surface area contributed by atoms with Crippen molar-refractivity contribution in [3.63, 3.8) is 0 Å². The van der Waals surface area contributed by atoms with Gasteiger partial charge in [0.1, 0.15) is 17.6 Å². The number of thioether (sulfide) groups is 1. The van der Waals surface area contributed by atoms with E-state index in [0.717, 1.165) is 33.1 Å². The highest BCUT2D eigenvalue weighted by atomic mass is 32.2. The minimum Gasteiger partial charge on any atom is -0.496 e. The number of hydrogen-bond donors (Lipinski definition) is 1. The summed E-state index contributed by atoms with van der Waals surface area (Å²) in [4.78, 5) is 20.5. The third-order valence-corrected chi connectivity index (χ3v) is 6.16. The minimum absolute atomic E-state index is 0.107. The number of para-hydroxylation sites is 3. The second kappa shape index (κ2) is 7.88. The highest BCUT2D eigenvalue weighted by Crippen LogP contribution is 2.37. The number of H-pyrrole nitrogens is 1. The smallest absolute Gasteiger partial charge is 0.170 e. The molecule has 0 spiro atoms. The van der Waals surface area contributed by atoms with Crippen LogP contribution in [0.25, 0.3) is 11.0 Å². The van der Waals surface area contributed by atoms with Gasteiger partial charge >= 0.3 is 0 Å². The average molecular weight is 417 g/mol. The molecular formula is C24H20N2O3S. The van der Waals surface area contributed by atoms with Crippen LogP contribution in [0.1, 0.15) is 34.0 Å². The molecule has 1 aliphatic rings. The summed E-state index contributed by atoms with van der Waals surface area (Å²) in [7, 11) is 1.67. The minimum atomic E-state index is -0.298. The lowest BCUT2D eigenvalue weighted by Gasteiger charge is -2.26. The Morgan fingerprint density at radius 1 is 1.13 bits per heavy atom. The summed E-state index contributed by atoms with van der Waals surface area (Å²) in [6.45, 7) is 0. The Bertz CT molecular complexity index is 1200. The van der Waals surface area contributed by atoms with Gasteiger partial charge in [0.25, 0.3) is 0 Å². The van der Waals surface area contributed by atoms with Gasteiger partial charge in [0.05, 0.1) is 30.1 Å². The van der Waals surface area contributed by atoms with Crippen LogP contribution in [-0.2, 0) is 5.75 Å². The molecule has 5 rings (SSSR count). The zero-order chi connectivity index (χ0) is 20.5. The quantitative estimate of drug-likeness (QED) is 0.431. The summed E-state index contributed by atoms with van der Waals surface area (Å²) in [5.41, 5.74) is 4.64. The van der Waals surface area contributed by atoms with Crippen molar-refractivity contribution in [2.24, 2.45) is 0 Å². The normalized spacial score (nSPS) is 15.6. The molecule has 1 atom stereocenters. The molecule has 0 saturated carbocycles. The van der Waals surface area contributed by atoms with Gasteiger partial charge in [0, 0.05) is 11.3 Å². The van der Waals surface area contributed by atoms with E-state index >= 15 is 0 Å². The fourth-order valence-electron chi connectivity index (χ4n) is 3.71. The molecule has 30 heavy (non-hydrogen) atoms. The van der Waals surface area contributed by atoms with Gasteiger partial charge in [-0.3, -0.25) is 4.79 Å². The summed E-state index contributed by atoms with van der Waals surface area (Å²) in [5, 5.41) is 0.863. The number of aromatic nitrogens is 2. The Morgan fingerprint density at radius 3 is 2.83 bits per heavy atom. The van der Waals surface area contributed by atoms with E-state index in [1.54, 1.807) is 18.9 Å². The van der Waals surface area contributed by atoms with Crippen molar-refractivity contribution in [2.45, 2.75) is 23.4 Å². The van der Waals surface area contributed by atoms with Crippen molar-refractivity contribution in [1.82, 2.24) is 9.97 Å². The third kappa shape index (κ3) is 3.55. The number of nitrogens with one attached hydrogen (secondary N) is 1. The van der Waals surface area contributed by atoms with E-state index < -0.39 is 0 Å². The zero-order valence-corrected chi connectivity index (χ0v) is 17.2. The molecule has 2 heterocycles. The van der Waals surface area contributed by atoms with Crippen LogP contribution in [0.15, 0.2) is 71.9 Å². The van der Waals surface area contributed by atoms with Gasteiger partial charge in [-0.25, -0.2) is 4.98 Å². The highest BCUT2D eigenvalue weighted by Gasteiger charge is 2.27. The number of fused-ring (bicyclic) bond motifs is 2. The summed E-state index contributed by atoms with van der Waals surface area (Å²) in [6.07, 6.45) is 0.0349. The number of methoxy groups -OCH3 is 1. The summed E-state index contributed by atoms with van der Waals surface area (Å²) in [5.74, 6) is 2.25. The topological polar surface area (TPSA) is 64.2 Å². The molecule has 3 aromatic carbocycles. The van der Waals surface area contributed by atoms with E-state index in [4.69, 9.17) is 9.47 Å². The molecule has 0 saturated heterocycles. The van der Waals surface area contributed by atoms with Crippen molar-refractivity contribution in [3.8, 4) is 11.5 Å². The van der Waals surface area contributed by atoms with Crippen LogP contribution in [0, 0.1) is 0 Å². The van der Waals surface area contributed by atoms with Crippen LogP contribution in [-0.4, -0.2) is 22.9 Å². The number of ketones is 1. The van der Waals surface area contributed by atoms with E-state index in [9.17, 15) is 4.79 Å². The molecule has 0 aliphatic carbocycles. The molecule has 1 aliphatic heterocycles. The SMILES string of the molecule is COc1ccc(C2CC(=O)c3ccccc3O2)cc1CSc1nc2ccccc2[nH]1. The second-order valence-electron chi connectivity index (χ2n) is 7.15. The molecule has 0 amide bonds. The maximum Gasteiger partial charge on any atom is 0.170 e. The number of benzene rings is 3. The van der Waals surface area contributed by atoms with Gasteiger partial charge in [-0.1, -0.05) is 42.1 Å². The van der Waals surface area contributed by atoms with Crippen LogP contribution in [0.2, 0.25) is 0 Å². The molecule has 0 fully saturated rings. The Labute approximate surface area is 178 Å². The van der Waals surface area contributed by atoms with Gasteiger partial charge in [-0.2, -0.15) is 0 Å². The molecular weight excluding hydrogens is 396 g/mol. The van der Waals surface area contributed by atoms with Crippen LogP contribution >= 0.6 is 11.8 Å². The molecule has 4 aromatic rings. The van der Waals surface area contributed by atoms with Crippen LogP contribution in [0.3, 0.4) is 0 Å². The standard InChI is InChI=1S/C24H20N2O3S/c1-28-21-11-10-15(23-13-20(27)17-6-2-5-9-22(17)29-23)12-16(21)14-30-24-25-18-7-3-4-8-19(18)26-24/h2-12,23H,13-14H2,1H3,(H,25,26). The first kappa shape index (κ1) is 18.8. The number of hydrogen-bond acceptors (Lipinski definition) is 5. The van der Waals surface area contributed by atoms with Gasteiger partial charge in [0.2, 0.25) is 0 Å². The Hall–Kier alpha value is -3.25. The Balaban J connectivity index is 1.39. The van der Waals surface area contributed by atoms with Crippen LogP contribution in [0.5, 0.6) is 11.5 Å². The number of Topliss-reactive ketones (excluding diaryl/α,β-unsaturated/α-hetero) is 1. The lowest BCUT2D eigenvalue weighted by atomic mass is 9.95. The molecule has 1 unspecified atom stereocenters. The number of carbonyl (C=O) groups is 1. The average Bonchev–Trinajstić information content (AvgIpc) is 3.20. The van der Waals surface area contributed by atoms with Gasteiger partial charge in [0.15, 0.2) is 10.9 Å². The fourth-order valence-corrected chi connectivity index (χ4v) is 4.58. The largest absolute Gasteiger partial charge is 0.496 e. The maximum atomic E-state index is 12.6. The van der Waals surface area contributed by atoms with Crippen molar-refractivity contribution in [1.29, 1.82) is 0 Å². The van der Waals surface area contributed by atoms with Crippen molar-refractivity contribution in [3.05, 3.63) is 83.4 Å². The number of carbonyl (C=O) groups excluding carboxylic acids is 1. The lowest BCUT2D eigenvalue weighted by molar-refractivity contribution is 0.0850. The number of aromatic amines is 1. The van der Waals surface area contributed by atoms with Gasteiger partial charge < -0.3 is 14.5 Å². The first-order valence-electron chi connectivity index (χ1n) is 9.74. The monoisotopic (exact) mass is 416 g/mol. The van der Waals surface area contributed by atoms with E-state index in [-0.39, 0.29) is 11.9 Å². The van der Waals surface area contributed by atoms with Crippen LogP contribution in [0.4, 0.5) is 0 Å². The fraction of sp³-hybridized carbons (Fsp3) is 0.167. The molecule has 1 aromatic heterocycles. The zero-order valence-electron chi connectivity index (χ0n) is 16.4. The predicted molar refractivity (Wildman–Crippen MR) is 117 cm³/mol. The first-order chi connectivity index (χ1) is 14.7. The van der Waals surface area contributed by atoms with E-state index in [1.165, 1.54) is 0 Å². The van der Waals surface area contributed by atoms with Gasteiger partial charge in [-0.05, 0) is 42.0 Å². The summed E-state index contributed by atoms with van der Waals surface area (Å²) in [6, 6.07) is 21.4. The Morgan fingerprint density at radius 2 is 1.97 bits per heavy atom. The second-order valence-corrected chi connectivity index (χ2v) is 8.11. The third-order valence-electron chi connectivity index (χ3n) is 5.24. The highest BCUT2D eigenvalue weighted by molar-refractivity contribution is 7.98. The Kier molecular flexibility index (Phi) is 4.93. The molecule has 6 heteroatoms. The number of ether oxygens (including phenoxy) is 2. The maximum absolute atomic E-state index is 12.6. The predicted octanol–water partition coefficient (Wildman–Crippen LogP) is 5.57. The van der Waals surface area contributed by atoms with E-state index in [1.807, 2.05) is 60.7 Å². The van der Waals surface area contributed by atoms with E-state index in [0.29, 0.717) is 23.5 Å². The number of imidazole rings is 1. The molecule has 0 bridgehead atoms. The lowest BCUT2D eigenvalue weighted by Crippen LogP contribution is -2.20. The molecule has 0 radical (unpaired) electrons. The van der Waals surface area contributed by atoms with Crippen molar-refractivity contribution >= 4 is 28.6 Å². The first-order valence-corrected chi connectivity index (χ1v) is 10.7.